The number of hydrogen-bond acceptors (Lipinski definition) is 3. The van der Waals surface area contributed by atoms with E-state index in [9.17, 15) is 4.39 Å². The molecule has 0 saturated carbocycles. The smallest absolute Gasteiger partial charge is 0.261 e. The molecule has 0 aliphatic carbocycles. The zero-order chi connectivity index (χ0) is 16.8. The fourth-order valence-corrected chi connectivity index (χ4v) is 2.44. The van der Waals surface area contributed by atoms with Crippen LogP contribution < -0.4 is 10.1 Å². The number of benzene rings is 2. The Morgan fingerprint density at radius 2 is 2.00 bits per heavy atom. The lowest BCUT2D eigenvalue weighted by molar-refractivity contribution is 0.298. The third kappa shape index (κ3) is 4.66. The molecule has 0 saturated heterocycles. The fourth-order valence-electron chi connectivity index (χ4n) is 2.21. The highest BCUT2D eigenvalue weighted by Crippen LogP contribution is 2.24. The Bertz CT molecular complexity index is 703. The monoisotopic (exact) mass is 333 g/mol. The van der Waals surface area contributed by atoms with Gasteiger partial charge in [0.1, 0.15) is 18.2 Å². The number of ether oxygens (including phenoxy) is 2. The van der Waals surface area contributed by atoms with Gasteiger partial charge in [0, 0.05) is 5.56 Å². The predicted molar refractivity (Wildman–Crippen MR) is 94.5 cm³/mol. The van der Waals surface area contributed by atoms with Gasteiger partial charge in [-0.2, -0.15) is 0 Å². The molecule has 122 valence electrons. The van der Waals surface area contributed by atoms with Crippen molar-refractivity contribution < 1.29 is 13.9 Å². The Morgan fingerprint density at radius 3 is 2.70 bits per heavy atom. The summed E-state index contributed by atoms with van der Waals surface area (Å²) in [5.41, 5.74) is 3.13. The molecule has 2 rings (SSSR count). The zero-order valence-corrected chi connectivity index (χ0v) is 14.3. The van der Waals surface area contributed by atoms with E-state index in [1.54, 1.807) is 12.1 Å². The number of anilines is 1. The van der Waals surface area contributed by atoms with Crippen LogP contribution in [-0.2, 0) is 11.3 Å². The van der Waals surface area contributed by atoms with Gasteiger partial charge in [-0.05, 0) is 56.8 Å². The van der Waals surface area contributed by atoms with Gasteiger partial charge in [-0.1, -0.05) is 23.8 Å². The van der Waals surface area contributed by atoms with Crippen molar-refractivity contribution in [2.75, 3.05) is 11.9 Å². The summed E-state index contributed by atoms with van der Waals surface area (Å²) < 4.78 is 25.1. The third-order valence-corrected chi connectivity index (χ3v) is 3.55. The third-order valence-electron chi connectivity index (χ3n) is 3.33. The number of hydrogen-bond donors (Lipinski definition) is 1. The van der Waals surface area contributed by atoms with Crippen LogP contribution in [0.25, 0.3) is 0 Å². The van der Waals surface area contributed by atoms with Crippen molar-refractivity contribution in [3.05, 3.63) is 58.9 Å². The first-order valence-corrected chi connectivity index (χ1v) is 7.83. The van der Waals surface area contributed by atoms with E-state index in [0.29, 0.717) is 17.9 Å². The van der Waals surface area contributed by atoms with Crippen molar-refractivity contribution >= 4 is 23.1 Å². The number of halogens is 1. The summed E-state index contributed by atoms with van der Waals surface area (Å²) in [7, 11) is 0. The zero-order valence-electron chi connectivity index (χ0n) is 13.5. The largest absolute Gasteiger partial charge is 0.488 e. The fraction of sp³-hybridized carbons (Fsp3) is 0.278. The average Bonchev–Trinajstić information content (AvgIpc) is 2.48. The van der Waals surface area contributed by atoms with E-state index in [0.717, 1.165) is 16.9 Å². The van der Waals surface area contributed by atoms with Crippen LogP contribution in [0.3, 0.4) is 0 Å². The molecule has 0 heterocycles. The van der Waals surface area contributed by atoms with Crippen molar-refractivity contribution in [3.63, 3.8) is 0 Å². The van der Waals surface area contributed by atoms with E-state index in [4.69, 9.17) is 21.7 Å². The maximum absolute atomic E-state index is 14.1. The quantitative estimate of drug-likeness (QED) is 0.800. The molecule has 2 aromatic rings. The molecule has 0 bridgehead atoms. The molecule has 23 heavy (non-hydrogen) atoms. The Balaban J connectivity index is 2.16. The highest BCUT2D eigenvalue weighted by Gasteiger charge is 2.11. The molecule has 0 aliphatic rings. The first-order chi connectivity index (χ1) is 11.0. The molecule has 3 nitrogen and oxygen atoms in total. The second kappa shape index (κ2) is 7.92. The summed E-state index contributed by atoms with van der Waals surface area (Å²) in [6.07, 6.45) is 0. The molecule has 0 atom stereocenters. The minimum atomic E-state index is -0.348. The Hall–Kier alpha value is -2.14. The molecular formula is C18H20FNO2S. The second-order valence-corrected chi connectivity index (χ2v) is 5.54. The first kappa shape index (κ1) is 17.2. The molecular weight excluding hydrogens is 313 g/mol. The summed E-state index contributed by atoms with van der Waals surface area (Å²) in [6, 6.07) is 10.6. The summed E-state index contributed by atoms with van der Waals surface area (Å²) in [4.78, 5) is 0. The van der Waals surface area contributed by atoms with Crippen molar-refractivity contribution in [2.24, 2.45) is 0 Å². The summed E-state index contributed by atoms with van der Waals surface area (Å²) >= 11 is 5.05. The van der Waals surface area contributed by atoms with Crippen LogP contribution in [0.2, 0.25) is 0 Å². The highest BCUT2D eigenvalue weighted by molar-refractivity contribution is 7.80. The Morgan fingerprint density at radius 1 is 1.22 bits per heavy atom. The van der Waals surface area contributed by atoms with Gasteiger partial charge in [-0.3, -0.25) is 0 Å². The van der Waals surface area contributed by atoms with Gasteiger partial charge >= 0.3 is 0 Å². The number of aryl methyl sites for hydroxylation is 2. The molecule has 0 aromatic heterocycles. The molecule has 2 aromatic carbocycles. The normalized spacial score (nSPS) is 10.3. The van der Waals surface area contributed by atoms with Gasteiger partial charge < -0.3 is 14.8 Å². The van der Waals surface area contributed by atoms with Crippen molar-refractivity contribution in [3.8, 4) is 5.75 Å². The molecule has 0 radical (unpaired) electrons. The maximum atomic E-state index is 14.1. The van der Waals surface area contributed by atoms with Crippen LogP contribution in [0.5, 0.6) is 5.75 Å². The Labute approximate surface area is 141 Å². The number of rotatable bonds is 5. The van der Waals surface area contributed by atoms with E-state index < -0.39 is 0 Å². The van der Waals surface area contributed by atoms with Gasteiger partial charge in [0.25, 0.3) is 5.17 Å². The highest BCUT2D eigenvalue weighted by atomic mass is 32.1. The minimum Gasteiger partial charge on any atom is -0.488 e. The summed E-state index contributed by atoms with van der Waals surface area (Å²) in [6.45, 7) is 6.38. The van der Waals surface area contributed by atoms with Gasteiger partial charge in [-0.15, -0.1) is 0 Å². The SMILES string of the molecule is CCOC(=S)Nc1cccc(F)c1COc1ccc(C)cc1C. The second-order valence-electron chi connectivity index (χ2n) is 5.17. The molecule has 0 amide bonds. The van der Waals surface area contributed by atoms with Gasteiger partial charge in [-0.25, -0.2) is 4.39 Å². The molecule has 5 heteroatoms. The lowest BCUT2D eigenvalue weighted by Gasteiger charge is -2.15. The van der Waals surface area contributed by atoms with Crippen LogP contribution in [0, 0.1) is 19.7 Å². The van der Waals surface area contributed by atoms with E-state index in [1.807, 2.05) is 39.0 Å². The van der Waals surface area contributed by atoms with E-state index in [-0.39, 0.29) is 17.6 Å². The lowest BCUT2D eigenvalue weighted by Crippen LogP contribution is -2.15. The topological polar surface area (TPSA) is 30.5 Å². The van der Waals surface area contributed by atoms with Crippen molar-refractivity contribution in [1.29, 1.82) is 0 Å². The van der Waals surface area contributed by atoms with Crippen LogP contribution in [0.15, 0.2) is 36.4 Å². The standard InChI is InChI=1S/C18H20FNO2S/c1-4-21-18(23)20-16-7-5-6-15(19)14(16)11-22-17-9-8-12(2)10-13(17)3/h5-10H,4,11H2,1-3H3,(H,20,23). The molecule has 0 unspecified atom stereocenters. The summed E-state index contributed by atoms with van der Waals surface area (Å²) in [5.74, 6) is 0.385. The van der Waals surface area contributed by atoms with Crippen LogP contribution in [0.1, 0.15) is 23.6 Å². The van der Waals surface area contributed by atoms with Crippen molar-refractivity contribution in [2.45, 2.75) is 27.4 Å². The number of thiocarbonyl (C=S) groups is 1. The predicted octanol–water partition coefficient (Wildman–Crippen LogP) is 4.75. The van der Waals surface area contributed by atoms with Gasteiger partial charge in [0.2, 0.25) is 0 Å². The Kier molecular flexibility index (Phi) is 5.93. The van der Waals surface area contributed by atoms with Crippen LogP contribution in [-0.4, -0.2) is 11.8 Å². The van der Waals surface area contributed by atoms with Crippen LogP contribution in [0.4, 0.5) is 10.1 Å². The molecule has 0 aliphatic heterocycles. The average molecular weight is 333 g/mol. The molecule has 0 fully saturated rings. The lowest BCUT2D eigenvalue weighted by atomic mass is 10.1. The molecule has 0 spiro atoms. The number of nitrogens with one attached hydrogen (secondary N) is 1. The van der Waals surface area contributed by atoms with Crippen molar-refractivity contribution in [1.82, 2.24) is 0 Å². The molecule has 1 N–H and O–H groups in total. The van der Waals surface area contributed by atoms with E-state index >= 15 is 0 Å². The van der Waals surface area contributed by atoms with E-state index in [1.165, 1.54) is 6.07 Å². The van der Waals surface area contributed by atoms with Crippen LogP contribution >= 0.6 is 12.2 Å². The summed E-state index contributed by atoms with van der Waals surface area (Å²) in [5, 5.41) is 3.12. The van der Waals surface area contributed by atoms with Gasteiger partial charge in [0.15, 0.2) is 0 Å². The van der Waals surface area contributed by atoms with E-state index in [2.05, 4.69) is 5.32 Å². The first-order valence-electron chi connectivity index (χ1n) is 7.42. The van der Waals surface area contributed by atoms with Gasteiger partial charge in [0.05, 0.1) is 12.3 Å². The maximum Gasteiger partial charge on any atom is 0.261 e. The minimum absolute atomic E-state index is 0.105.